The standard InChI is InChI=1S/C11H11NO2S/c1-8-4-2-3-5-9(8)10(13)12-6-7-15-11(12)14/h2-5H,6-7H2,1H3. The zero-order valence-corrected chi connectivity index (χ0v) is 9.21. The van der Waals surface area contributed by atoms with Gasteiger partial charge in [-0.3, -0.25) is 14.5 Å². The van der Waals surface area contributed by atoms with E-state index in [-0.39, 0.29) is 11.1 Å². The Bertz CT molecular complexity index is 417. The molecule has 0 saturated carbocycles. The molecule has 1 saturated heterocycles. The second kappa shape index (κ2) is 4.06. The van der Waals surface area contributed by atoms with Crippen LogP contribution in [0.5, 0.6) is 0 Å². The predicted octanol–water partition coefficient (Wildman–Crippen LogP) is 2.30. The predicted molar refractivity (Wildman–Crippen MR) is 60.1 cm³/mol. The molecule has 1 aromatic rings. The summed E-state index contributed by atoms with van der Waals surface area (Å²) in [5.41, 5.74) is 1.53. The molecule has 1 fully saturated rings. The molecule has 0 aliphatic carbocycles. The largest absolute Gasteiger partial charge is 0.288 e. The van der Waals surface area contributed by atoms with E-state index in [1.54, 1.807) is 6.07 Å². The monoisotopic (exact) mass is 221 g/mol. The summed E-state index contributed by atoms with van der Waals surface area (Å²) in [5, 5.41) is -0.136. The first-order valence-corrected chi connectivity index (χ1v) is 5.73. The maximum atomic E-state index is 12.0. The lowest BCUT2D eigenvalue weighted by atomic mass is 10.1. The van der Waals surface area contributed by atoms with E-state index in [0.717, 1.165) is 5.56 Å². The molecule has 15 heavy (non-hydrogen) atoms. The van der Waals surface area contributed by atoms with Gasteiger partial charge in [-0.2, -0.15) is 0 Å². The molecule has 0 unspecified atom stereocenters. The van der Waals surface area contributed by atoms with Crippen molar-refractivity contribution < 1.29 is 9.59 Å². The number of hydrogen-bond donors (Lipinski definition) is 0. The van der Waals surface area contributed by atoms with Crippen molar-refractivity contribution in [2.75, 3.05) is 12.3 Å². The molecule has 2 amide bonds. The first kappa shape index (κ1) is 10.2. The third-order valence-electron chi connectivity index (χ3n) is 2.38. The first-order valence-electron chi connectivity index (χ1n) is 4.74. The van der Waals surface area contributed by atoms with Gasteiger partial charge in [-0.25, -0.2) is 0 Å². The molecule has 1 aliphatic heterocycles. The SMILES string of the molecule is Cc1ccccc1C(=O)N1CCSC1=O. The van der Waals surface area contributed by atoms with Gasteiger partial charge in [-0.05, 0) is 18.6 Å². The van der Waals surface area contributed by atoms with Crippen LogP contribution < -0.4 is 0 Å². The number of carbonyl (C=O) groups is 2. The molecule has 1 aromatic carbocycles. The van der Waals surface area contributed by atoms with Gasteiger partial charge >= 0.3 is 0 Å². The first-order chi connectivity index (χ1) is 7.20. The van der Waals surface area contributed by atoms with Crippen molar-refractivity contribution in [2.45, 2.75) is 6.92 Å². The molecule has 1 heterocycles. The second-order valence-corrected chi connectivity index (χ2v) is 4.43. The minimum absolute atomic E-state index is 0.136. The summed E-state index contributed by atoms with van der Waals surface area (Å²) in [6, 6.07) is 7.33. The Hall–Kier alpha value is -1.29. The molecule has 0 aromatic heterocycles. The lowest BCUT2D eigenvalue weighted by Gasteiger charge is -2.13. The molecular weight excluding hydrogens is 210 g/mol. The summed E-state index contributed by atoms with van der Waals surface area (Å²) in [5.74, 6) is 0.527. The van der Waals surface area contributed by atoms with Crippen LogP contribution in [0.1, 0.15) is 15.9 Å². The Morgan fingerprint density at radius 1 is 1.40 bits per heavy atom. The summed E-state index contributed by atoms with van der Waals surface area (Å²) in [4.78, 5) is 24.7. The van der Waals surface area contributed by atoms with Crippen molar-refractivity contribution in [3.8, 4) is 0 Å². The maximum absolute atomic E-state index is 12.0. The molecule has 0 bridgehead atoms. The van der Waals surface area contributed by atoms with Gasteiger partial charge in [-0.1, -0.05) is 30.0 Å². The molecule has 4 heteroatoms. The smallest absolute Gasteiger partial charge is 0.269 e. The molecule has 78 valence electrons. The van der Waals surface area contributed by atoms with Gasteiger partial charge in [-0.15, -0.1) is 0 Å². The average molecular weight is 221 g/mol. The number of rotatable bonds is 1. The van der Waals surface area contributed by atoms with Crippen LogP contribution in [0.25, 0.3) is 0 Å². The van der Waals surface area contributed by atoms with Crippen molar-refractivity contribution in [1.82, 2.24) is 4.90 Å². The Morgan fingerprint density at radius 2 is 2.13 bits per heavy atom. The number of nitrogens with zero attached hydrogens (tertiary/aromatic N) is 1. The Balaban J connectivity index is 2.28. The Kier molecular flexibility index (Phi) is 2.77. The molecule has 0 N–H and O–H groups in total. The van der Waals surface area contributed by atoms with E-state index in [0.29, 0.717) is 17.9 Å². The molecule has 1 aliphatic rings. The summed E-state index contributed by atoms with van der Waals surface area (Å²) in [6.45, 7) is 2.40. The Labute approximate surface area is 92.5 Å². The van der Waals surface area contributed by atoms with Gasteiger partial charge in [0, 0.05) is 17.9 Å². The van der Waals surface area contributed by atoms with Crippen molar-refractivity contribution >= 4 is 22.9 Å². The highest BCUT2D eigenvalue weighted by Crippen LogP contribution is 2.21. The van der Waals surface area contributed by atoms with E-state index in [2.05, 4.69) is 0 Å². The number of amides is 2. The lowest BCUT2D eigenvalue weighted by Crippen LogP contribution is -2.31. The molecule has 0 radical (unpaired) electrons. The van der Waals surface area contributed by atoms with Crippen molar-refractivity contribution in [2.24, 2.45) is 0 Å². The topological polar surface area (TPSA) is 37.4 Å². The lowest BCUT2D eigenvalue weighted by molar-refractivity contribution is 0.0832. The fraction of sp³-hybridized carbons (Fsp3) is 0.273. The fourth-order valence-electron chi connectivity index (χ4n) is 1.54. The number of aryl methyl sites for hydroxylation is 1. The number of imide groups is 1. The average Bonchev–Trinajstić information content (AvgIpc) is 2.64. The summed E-state index contributed by atoms with van der Waals surface area (Å²) in [6.07, 6.45) is 0. The zero-order valence-electron chi connectivity index (χ0n) is 8.40. The molecule has 2 rings (SSSR count). The van der Waals surface area contributed by atoms with E-state index in [1.807, 2.05) is 25.1 Å². The van der Waals surface area contributed by atoms with Gasteiger partial charge in [0.2, 0.25) is 0 Å². The van der Waals surface area contributed by atoms with Gasteiger partial charge in [0.1, 0.15) is 0 Å². The van der Waals surface area contributed by atoms with Crippen LogP contribution in [-0.4, -0.2) is 28.3 Å². The Morgan fingerprint density at radius 3 is 2.73 bits per heavy atom. The summed E-state index contributed by atoms with van der Waals surface area (Å²) >= 11 is 1.20. The van der Waals surface area contributed by atoms with Crippen molar-refractivity contribution in [3.05, 3.63) is 35.4 Å². The van der Waals surface area contributed by atoms with Crippen LogP contribution in [0.15, 0.2) is 24.3 Å². The van der Waals surface area contributed by atoms with Crippen LogP contribution in [0, 0.1) is 6.92 Å². The number of thioether (sulfide) groups is 1. The summed E-state index contributed by atoms with van der Waals surface area (Å²) < 4.78 is 0. The van der Waals surface area contributed by atoms with E-state index in [4.69, 9.17) is 0 Å². The minimum atomic E-state index is -0.178. The van der Waals surface area contributed by atoms with Crippen molar-refractivity contribution in [3.63, 3.8) is 0 Å². The van der Waals surface area contributed by atoms with Gasteiger partial charge in [0.25, 0.3) is 11.1 Å². The van der Waals surface area contributed by atoms with Crippen molar-refractivity contribution in [1.29, 1.82) is 0 Å². The summed E-state index contributed by atoms with van der Waals surface area (Å²) in [7, 11) is 0. The quantitative estimate of drug-likeness (QED) is 0.730. The highest BCUT2D eigenvalue weighted by atomic mass is 32.2. The highest BCUT2D eigenvalue weighted by Gasteiger charge is 2.28. The van der Waals surface area contributed by atoms with Gasteiger partial charge in [0.05, 0.1) is 0 Å². The second-order valence-electron chi connectivity index (χ2n) is 3.39. The van der Waals surface area contributed by atoms with Crippen LogP contribution >= 0.6 is 11.8 Å². The zero-order chi connectivity index (χ0) is 10.8. The van der Waals surface area contributed by atoms with E-state index in [1.165, 1.54) is 16.7 Å². The van der Waals surface area contributed by atoms with Crippen LogP contribution in [-0.2, 0) is 0 Å². The third kappa shape index (κ3) is 1.90. The van der Waals surface area contributed by atoms with Gasteiger partial charge < -0.3 is 0 Å². The molecule has 0 atom stereocenters. The van der Waals surface area contributed by atoms with Crippen LogP contribution in [0.2, 0.25) is 0 Å². The van der Waals surface area contributed by atoms with E-state index >= 15 is 0 Å². The van der Waals surface area contributed by atoms with E-state index < -0.39 is 0 Å². The highest BCUT2D eigenvalue weighted by molar-refractivity contribution is 8.13. The molecule has 3 nitrogen and oxygen atoms in total. The number of carbonyl (C=O) groups excluding carboxylic acids is 2. The van der Waals surface area contributed by atoms with Gasteiger partial charge in [0.15, 0.2) is 0 Å². The molecule has 0 spiro atoms. The number of hydrogen-bond acceptors (Lipinski definition) is 3. The minimum Gasteiger partial charge on any atom is -0.269 e. The molecular formula is C11H11NO2S. The fourth-order valence-corrected chi connectivity index (χ4v) is 2.31. The van der Waals surface area contributed by atoms with Crippen LogP contribution in [0.4, 0.5) is 4.79 Å². The maximum Gasteiger partial charge on any atom is 0.288 e. The number of benzene rings is 1. The normalized spacial score (nSPS) is 15.8. The van der Waals surface area contributed by atoms with E-state index in [9.17, 15) is 9.59 Å². The van der Waals surface area contributed by atoms with Crippen LogP contribution in [0.3, 0.4) is 0 Å². The third-order valence-corrected chi connectivity index (χ3v) is 3.24.